The summed E-state index contributed by atoms with van der Waals surface area (Å²) in [4.78, 5) is 21.9. The minimum Gasteiger partial charge on any atom is -0.496 e. The number of aldehydes is 1. The maximum atomic E-state index is 11.2. The second-order valence-electron chi connectivity index (χ2n) is 3.08. The fourth-order valence-electron chi connectivity index (χ4n) is 1.33. The molecule has 3 heteroatoms. The monoisotopic (exact) mass is 192 g/mol. The Morgan fingerprint density at radius 2 is 2.07 bits per heavy atom. The van der Waals surface area contributed by atoms with Crippen molar-refractivity contribution in [3.05, 3.63) is 28.8 Å². The molecule has 0 amide bonds. The van der Waals surface area contributed by atoms with Crippen molar-refractivity contribution in [1.29, 1.82) is 0 Å². The largest absolute Gasteiger partial charge is 0.496 e. The van der Waals surface area contributed by atoms with Crippen molar-refractivity contribution in [2.24, 2.45) is 0 Å². The van der Waals surface area contributed by atoms with E-state index in [1.165, 1.54) is 14.0 Å². The second-order valence-corrected chi connectivity index (χ2v) is 3.08. The van der Waals surface area contributed by atoms with Crippen molar-refractivity contribution in [3.63, 3.8) is 0 Å². The molecule has 1 rings (SSSR count). The molecule has 0 N–H and O–H groups in total. The highest BCUT2D eigenvalue weighted by Crippen LogP contribution is 2.22. The van der Waals surface area contributed by atoms with Crippen molar-refractivity contribution in [1.82, 2.24) is 0 Å². The molecule has 0 saturated carbocycles. The molecule has 0 fully saturated rings. The van der Waals surface area contributed by atoms with Gasteiger partial charge in [0.05, 0.1) is 7.11 Å². The third-order valence-electron chi connectivity index (χ3n) is 2.07. The Hall–Kier alpha value is -1.64. The lowest BCUT2D eigenvalue weighted by molar-refractivity contribution is 0.100. The number of methoxy groups -OCH3 is 1. The van der Waals surface area contributed by atoms with E-state index in [1.807, 2.05) is 6.92 Å². The lowest BCUT2D eigenvalue weighted by Gasteiger charge is -2.08. The van der Waals surface area contributed by atoms with Crippen LogP contribution in [-0.4, -0.2) is 19.2 Å². The first-order valence-corrected chi connectivity index (χ1v) is 4.25. The van der Waals surface area contributed by atoms with Gasteiger partial charge in [-0.3, -0.25) is 9.59 Å². The summed E-state index contributed by atoms with van der Waals surface area (Å²) < 4.78 is 5.07. The van der Waals surface area contributed by atoms with Gasteiger partial charge in [0.2, 0.25) is 0 Å². The van der Waals surface area contributed by atoms with Gasteiger partial charge in [-0.25, -0.2) is 0 Å². The Bertz CT molecular complexity index is 380. The average Bonchev–Trinajstić information content (AvgIpc) is 2.16. The Balaban J connectivity index is 3.39. The van der Waals surface area contributed by atoms with Crippen LogP contribution < -0.4 is 4.74 Å². The van der Waals surface area contributed by atoms with E-state index in [-0.39, 0.29) is 5.78 Å². The normalized spacial score (nSPS) is 9.64. The highest BCUT2D eigenvalue weighted by molar-refractivity contribution is 6.02. The van der Waals surface area contributed by atoms with E-state index in [0.717, 1.165) is 5.56 Å². The highest BCUT2D eigenvalue weighted by atomic mass is 16.5. The van der Waals surface area contributed by atoms with Gasteiger partial charge in [0.15, 0.2) is 12.1 Å². The Labute approximate surface area is 82.7 Å². The van der Waals surface area contributed by atoms with E-state index in [9.17, 15) is 9.59 Å². The number of hydrogen-bond acceptors (Lipinski definition) is 3. The van der Waals surface area contributed by atoms with Gasteiger partial charge in [0.1, 0.15) is 5.75 Å². The van der Waals surface area contributed by atoms with Gasteiger partial charge in [-0.2, -0.15) is 0 Å². The van der Waals surface area contributed by atoms with E-state index in [2.05, 4.69) is 0 Å². The van der Waals surface area contributed by atoms with Gasteiger partial charge in [-0.05, 0) is 31.5 Å². The first kappa shape index (κ1) is 10.4. The number of Topliss-reactive ketones (excluding diaryl/α,β-unsaturated/α-hetero) is 1. The van der Waals surface area contributed by atoms with Crippen molar-refractivity contribution >= 4 is 12.1 Å². The molecule has 0 unspecified atom stereocenters. The zero-order chi connectivity index (χ0) is 10.7. The van der Waals surface area contributed by atoms with Crippen LogP contribution in [0.3, 0.4) is 0 Å². The van der Waals surface area contributed by atoms with Crippen LogP contribution in [0.2, 0.25) is 0 Å². The van der Waals surface area contributed by atoms with Crippen LogP contribution in [0.5, 0.6) is 5.75 Å². The number of hydrogen-bond donors (Lipinski definition) is 0. The molecule has 0 aliphatic heterocycles. The van der Waals surface area contributed by atoms with Crippen LogP contribution in [0, 0.1) is 6.92 Å². The fourth-order valence-corrected chi connectivity index (χ4v) is 1.33. The maximum Gasteiger partial charge on any atom is 0.160 e. The minimum atomic E-state index is -0.134. The number of ether oxygens (including phenoxy) is 1. The van der Waals surface area contributed by atoms with E-state index in [0.29, 0.717) is 23.2 Å². The van der Waals surface area contributed by atoms with Gasteiger partial charge in [0, 0.05) is 11.1 Å². The molecule has 0 bridgehead atoms. The smallest absolute Gasteiger partial charge is 0.160 e. The summed E-state index contributed by atoms with van der Waals surface area (Å²) in [5, 5.41) is 0. The topological polar surface area (TPSA) is 43.4 Å². The van der Waals surface area contributed by atoms with Crippen molar-refractivity contribution in [3.8, 4) is 5.75 Å². The predicted molar refractivity (Wildman–Crippen MR) is 53.1 cm³/mol. The van der Waals surface area contributed by atoms with Crippen molar-refractivity contribution in [2.45, 2.75) is 13.8 Å². The Morgan fingerprint density at radius 1 is 1.43 bits per heavy atom. The molecule has 14 heavy (non-hydrogen) atoms. The summed E-state index contributed by atoms with van der Waals surface area (Å²) in [6.45, 7) is 3.26. The van der Waals surface area contributed by atoms with Gasteiger partial charge < -0.3 is 4.74 Å². The third-order valence-corrected chi connectivity index (χ3v) is 2.07. The molecule has 3 nitrogen and oxygen atoms in total. The van der Waals surface area contributed by atoms with E-state index in [4.69, 9.17) is 4.74 Å². The lowest BCUT2D eigenvalue weighted by Crippen LogP contribution is -2.01. The second kappa shape index (κ2) is 4.05. The number of aryl methyl sites for hydroxylation is 1. The van der Waals surface area contributed by atoms with Crippen LogP contribution in [0.25, 0.3) is 0 Å². The van der Waals surface area contributed by atoms with Gasteiger partial charge in [-0.1, -0.05) is 0 Å². The van der Waals surface area contributed by atoms with Gasteiger partial charge in [0.25, 0.3) is 0 Å². The number of ketones is 1. The number of benzene rings is 1. The SMILES string of the molecule is COc1cc(C(C)=O)c(C=O)cc1C. The molecule has 0 atom stereocenters. The predicted octanol–water partition coefficient (Wildman–Crippen LogP) is 2.02. The summed E-state index contributed by atoms with van der Waals surface area (Å²) in [6.07, 6.45) is 0.684. The first-order valence-electron chi connectivity index (χ1n) is 4.25. The minimum absolute atomic E-state index is 0.134. The summed E-state index contributed by atoms with van der Waals surface area (Å²) in [6, 6.07) is 3.25. The number of rotatable bonds is 3. The van der Waals surface area contributed by atoms with Crippen LogP contribution in [0.4, 0.5) is 0 Å². The molecule has 0 spiro atoms. The van der Waals surface area contributed by atoms with E-state index in [1.54, 1.807) is 12.1 Å². The zero-order valence-corrected chi connectivity index (χ0v) is 8.46. The highest BCUT2D eigenvalue weighted by Gasteiger charge is 2.10. The van der Waals surface area contributed by atoms with Gasteiger partial charge in [-0.15, -0.1) is 0 Å². The molecule has 0 heterocycles. The quantitative estimate of drug-likeness (QED) is 0.543. The summed E-state index contributed by atoms with van der Waals surface area (Å²) in [7, 11) is 1.53. The van der Waals surface area contributed by atoms with Gasteiger partial charge >= 0.3 is 0 Å². The van der Waals surface area contributed by atoms with Crippen molar-refractivity contribution in [2.75, 3.05) is 7.11 Å². The Morgan fingerprint density at radius 3 is 2.50 bits per heavy atom. The number of carbonyl (C=O) groups excluding carboxylic acids is 2. The summed E-state index contributed by atoms with van der Waals surface area (Å²) in [5.74, 6) is 0.492. The zero-order valence-electron chi connectivity index (χ0n) is 8.46. The maximum absolute atomic E-state index is 11.2. The molecule has 0 radical (unpaired) electrons. The fraction of sp³-hybridized carbons (Fsp3) is 0.273. The molecule has 1 aromatic carbocycles. The average molecular weight is 192 g/mol. The first-order chi connectivity index (χ1) is 6.60. The Kier molecular flexibility index (Phi) is 3.02. The number of carbonyl (C=O) groups is 2. The van der Waals surface area contributed by atoms with Crippen molar-refractivity contribution < 1.29 is 14.3 Å². The molecular formula is C11H12O3. The van der Waals surface area contributed by atoms with E-state index >= 15 is 0 Å². The van der Waals surface area contributed by atoms with Crippen LogP contribution in [0.15, 0.2) is 12.1 Å². The summed E-state index contributed by atoms with van der Waals surface area (Å²) in [5.41, 5.74) is 1.66. The van der Waals surface area contributed by atoms with Crippen LogP contribution in [0.1, 0.15) is 33.2 Å². The third kappa shape index (κ3) is 1.82. The standard InChI is InChI=1S/C11H12O3/c1-7-4-9(6-12)10(8(2)13)5-11(7)14-3/h4-6H,1-3H3. The molecule has 1 aromatic rings. The van der Waals surface area contributed by atoms with E-state index < -0.39 is 0 Å². The molecule has 0 saturated heterocycles. The van der Waals surface area contributed by atoms with Crippen LogP contribution in [-0.2, 0) is 0 Å². The molecule has 0 aliphatic carbocycles. The lowest BCUT2D eigenvalue weighted by atomic mass is 10.0. The summed E-state index contributed by atoms with van der Waals surface area (Å²) >= 11 is 0. The molecule has 0 aliphatic rings. The van der Waals surface area contributed by atoms with Crippen LogP contribution >= 0.6 is 0 Å². The molecular weight excluding hydrogens is 180 g/mol. The molecule has 74 valence electrons. The molecule has 0 aromatic heterocycles.